The largest absolute Gasteiger partial charge is 0.489 e. The summed E-state index contributed by atoms with van der Waals surface area (Å²) in [7, 11) is 1.88. The molecule has 106 valence electrons. The van der Waals surface area contributed by atoms with Crippen LogP contribution < -0.4 is 10.1 Å². The van der Waals surface area contributed by atoms with Gasteiger partial charge in [-0.25, -0.2) is 4.98 Å². The SMILES string of the molecule is CNc1ncc(-c2ccc(OCc3ccccc3)cc2)s1. The van der Waals surface area contributed by atoms with E-state index in [0.717, 1.165) is 21.3 Å². The normalized spacial score (nSPS) is 10.3. The Hall–Kier alpha value is -2.33. The Morgan fingerprint density at radius 2 is 1.81 bits per heavy atom. The molecule has 3 nitrogen and oxygen atoms in total. The summed E-state index contributed by atoms with van der Waals surface area (Å²) in [4.78, 5) is 5.43. The van der Waals surface area contributed by atoms with Crippen LogP contribution in [0.2, 0.25) is 0 Å². The number of hydrogen-bond acceptors (Lipinski definition) is 4. The Bertz CT molecular complexity index is 692. The fourth-order valence-corrected chi connectivity index (χ4v) is 2.75. The highest BCUT2D eigenvalue weighted by Crippen LogP contribution is 2.29. The monoisotopic (exact) mass is 296 g/mol. The van der Waals surface area contributed by atoms with E-state index >= 15 is 0 Å². The molecule has 3 aromatic rings. The first-order valence-corrected chi connectivity index (χ1v) is 7.57. The zero-order valence-corrected chi connectivity index (χ0v) is 12.6. The van der Waals surface area contributed by atoms with Gasteiger partial charge < -0.3 is 10.1 Å². The first kappa shape index (κ1) is 13.6. The minimum absolute atomic E-state index is 0.588. The maximum absolute atomic E-state index is 5.78. The molecule has 0 aliphatic carbocycles. The summed E-state index contributed by atoms with van der Waals surface area (Å²) in [6.45, 7) is 0.588. The zero-order valence-electron chi connectivity index (χ0n) is 11.7. The van der Waals surface area contributed by atoms with Crippen molar-refractivity contribution in [1.82, 2.24) is 4.98 Å². The molecule has 21 heavy (non-hydrogen) atoms. The van der Waals surface area contributed by atoms with Gasteiger partial charge in [-0.3, -0.25) is 0 Å². The molecule has 0 saturated carbocycles. The maximum Gasteiger partial charge on any atom is 0.182 e. The predicted octanol–water partition coefficient (Wildman–Crippen LogP) is 4.43. The van der Waals surface area contributed by atoms with Gasteiger partial charge in [-0.05, 0) is 35.4 Å². The van der Waals surface area contributed by atoms with Gasteiger partial charge >= 0.3 is 0 Å². The topological polar surface area (TPSA) is 34.2 Å². The van der Waals surface area contributed by atoms with Crippen LogP contribution in [0.25, 0.3) is 10.4 Å². The number of benzene rings is 2. The third kappa shape index (κ3) is 3.41. The molecule has 0 unspecified atom stereocenters. The number of aromatic nitrogens is 1. The molecule has 1 heterocycles. The molecule has 0 saturated heterocycles. The van der Waals surface area contributed by atoms with E-state index in [9.17, 15) is 0 Å². The molecule has 0 radical (unpaired) electrons. The summed E-state index contributed by atoms with van der Waals surface area (Å²) in [6.07, 6.45) is 1.89. The standard InChI is InChI=1S/C17H16N2OS/c1-18-17-19-11-16(21-17)14-7-9-15(10-8-14)20-12-13-5-3-2-4-6-13/h2-11H,12H2,1H3,(H,18,19). The van der Waals surface area contributed by atoms with Crippen molar-refractivity contribution in [3.8, 4) is 16.2 Å². The van der Waals surface area contributed by atoms with E-state index in [0.29, 0.717) is 6.61 Å². The lowest BCUT2D eigenvalue weighted by Gasteiger charge is -2.06. The summed E-state index contributed by atoms with van der Waals surface area (Å²) < 4.78 is 5.78. The number of hydrogen-bond donors (Lipinski definition) is 1. The number of nitrogens with zero attached hydrogens (tertiary/aromatic N) is 1. The number of rotatable bonds is 5. The Labute approximate surface area is 128 Å². The molecule has 0 atom stereocenters. The van der Waals surface area contributed by atoms with Crippen molar-refractivity contribution in [3.05, 3.63) is 66.4 Å². The first-order valence-electron chi connectivity index (χ1n) is 6.76. The van der Waals surface area contributed by atoms with Gasteiger partial charge in [-0.2, -0.15) is 0 Å². The highest BCUT2D eigenvalue weighted by Gasteiger charge is 2.03. The molecule has 0 spiro atoms. The molecular formula is C17H16N2OS. The predicted molar refractivity (Wildman–Crippen MR) is 87.9 cm³/mol. The average Bonchev–Trinajstić information content (AvgIpc) is 3.03. The summed E-state index contributed by atoms with van der Waals surface area (Å²) in [5.41, 5.74) is 2.32. The van der Waals surface area contributed by atoms with Crippen LogP contribution in [0.15, 0.2) is 60.8 Å². The molecule has 1 N–H and O–H groups in total. The van der Waals surface area contributed by atoms with E-state index in [2.05, 4.69) is 34.6 Å². The highest BCUT2D eigenvalue weighted by molar-refractivity contribution is 7.18. The molecule has 0 bridgehead atoms. The first-order chi connectivity index (χ1) is 10.3. The second kappa shape index (κ2) is 6.41. The van der Waals surface area contributed by atoms with Crippen LogP contribution in [0.1, 0.15) is 5.56 Å². The van der Waals surface area contributed by atoms with Crippen molar-refractivity contribution in [2.24, 2.45) is 0 Å². The molecule has 0 aliphatic rings. The van der Waals surface area contributed by atoms with Crippen LogP contribution in [0, 0.1) is 0 Å². The van der Waals surface area contributed by atoms with Gasteiger partial charge in [0.15, 0.2) is 5.13 Å². The second-order valence-electron chi connectivity index (χ2n) is 4.58. The Morgan fingerprint density at radius 1 is 1.05 bits per heavy atom. The Kier molecular flexibility index (Phi) is 4.17. The lowest BCUT2D eigenvalue weighted by Crippen LogP contribution is -1.94. The van der Waals surface area contributed by atoms with Crippen LogP contribution in [-0.4, -0.2) is 12.0 Å². The van der Waals surface area contributed by atoms with E-state index in [4.69, 9.17) is 4.74 Å². The number of thiazole rings is 1. The van der Waals surface area contributed by atoms with Gasteiger partial charge in [0.1, 0.15) is 12.4 Å². The van der Waals surface area contributed by atoms with Crippen molar-refractivity contribution < 1.29 is 4.74 Å². The maximum atomic E-state index is 5.78. The highest BCUT2D eigenvalue weighted by atomic mass is 32.1. The number of anilines is 1. The van der Waals surface area contributed by atoms with Crippen molar-refractivity contribution in [2.45, 2.75) is 6.61 Å². The number of ether oxygens (including phenoxy) is 1. The van der Waals surface area contributed by atoms with Gasteiger partial charge in [0, 0.05) is 13.2 Å². The van der Waals surface area contributed by atoms with Crippen LogP contribution in [-0.2, 0) is 6.61 Å². The third-order valence-electron chi connectivity index (χ3n) is 3.11. The van der Waals surface area contributed by atoms with Crippen LogP contribution in [0.5, 0.6) is 5.75 Å². The van der Waals surface area contributed by atoms with Gasteiger partial charge in [0.05, 0.1) is 4.88 Å². The van der Waals surface area contributed by atoms with Gasteiger partial charge in [-0.15, -0.1) is 0 Å². The van der Waals surface area contributed by atoms with Gasteiger partial charge in [-0.1, -0.05) is 41.7 Å². The summed E-state index contributed by atoms with van der Waals surface area (Å²) in [5, 5.41) is 3.98. The summed E-state index contributed by atoms with van der Waals surface area (Å²) >= 11 is 1.64. The van der Waals surface area contributed by atoms with E-state index in [1.165, 1.54) is 5.56 Å². The Balaban J connectivity index is 1.66. The molecule has 3 rings (SSSR count). The minimum atomic E-state index is 0.588. The molecule has 4 heteroatoms. The minimum Gasteiger partial charge on any atom is -0.489 e. The van der Waals surface area contributed by atoms with E-state index < -0.39 is 0 Å². The number of nitrogens with one attached hydrogen (secondary N) is 1. The smallest absolute Gasteiger partial charge is 0.182 e. The molecule has 2 aromatic carbocycles. The lowest BCUT2D eigenvalue weighted by molar-refractivity contribution is 0.306. The quantitative estimate of drug-likeness (QED) is 0.756. The van der Waals surface area contributed by atoms with E-state index in [-0.39, 0.29) is 0 Å². The fourth-order valence-electron chi connectivity index (χ4n) is 1.98. The van der Waals surface area contributed by atoms with Crippen molar-refractivity contribution in [2.75, 3.05) is 12.4 Å². The van der Waals surface area contributed by atoms with Crippen molar-refractivity contribution in [1.29, 1.82) is 0 Å². The van der Waals surface area contributed by atoms with E-state index in [1.807, 2.05) is 43.6 Å². The zero-order chi connectivity index (χ0) is 14.5. The summed E-state index contributed by atoms with van der Waals surface area (Å²) in [5.74, 6) is 0.876. The van der Waals surface area contributed by atoms with Gasteiger partial charge in [0.25, 0.3) is 0 Å². The average molecular weight is 296 g/mol. The molecule has 0 fully saturated rings. The second-order valence-corrected chi connectivity index (χ2v) is 5.61. The third-order valence-corrected chi connectivity index (χ3v) is 4.17. The van der Waals surface area contributed by atoms with Gasteiger partial charge in [0.2, 0.25) is 0 Å². The van der Waals surface area contributed by atoms with Crippen LogP contribution in [0.3, 0.4) is 0 Å². The van der Waals surface area contributed by atoms with Crippen molar-refractivity contribution in [3.63, 3.8) is 0 Å². The van der Waals surface area contributed by atoms with E-state index in [1.54, 1.807) is 11.3 Å². The Morgan fingerprint density at radius 3 is 2.48 bits per heavy atom. The fraction of sp³-hybridized carbons (Fsp3) is 0.118. The van der Waals surface area contributed by atoms with Crippen molar-refractivity contribution >= 4 is 16.5 Å². The molecule has 0 aliphatic heterocycles. The van der Waals surface area contributed by atoms with Crippen LogP contribution >= 0.6 is 11.3 Å². The lowest BCUT2D eigenvalue weighted by atomic mass is 10.2. The molecular weight excluding hydrogens is 280 g/mol. The van der Waals surface area contributed by atoms with Crippen LogP contribution in [0.4, 0.5) is 5.13 Å². The molecule has 0 amide bonds. The molecule has 1 aromatic heterocycles. The summed E-state index contributed by atoms with van der Waals surface area (Å²) in [6, 6.07) is 18.3.